The van der Waals surface area contributed by atoms with E-state index in [-0.39, 0.29) is 5.56 Å². The topological polar surface area (TPSA) is 59.4 Å². The lowest BCUT2D eigenvalue weighted by atomic mass is 10.1. The fourth-order valence-corrected chi connectivity index (χ4v) is 2.84. The molecule has 4 nitrogen and oxygen atoms in total. The third-order valence-corrected chi connectivity index (χ3v) is 4.23. The van der Waals surface area contributed by atoms with Crippen molar-refractivity contribution < 1.29 is 14.6 Å². The predicted octanol–water partition coefficient (Wildman–Crippen LogP) is 5.24. The summed E-state index contributed by atoms with van der Waals surface area (Å²) in [6.45, 7) is 2.29. The van der Waals surface area contributed by atoms with Crippen LogP contribution < -0.4 is 4.74 Å². The number of aromatic carboxylic acids is 1. The molecular weight excluding hydrogens is 350 g/mol. The molecule has 0 bridgehead atoms. The van der Waals surface area contributed by atoms with E-state index >= 15 is 0 Å². The molecule has 26 heavy (non-hydrogen) atoms. The van der Waals surface area contributed by atoms with Crippen molar-refractivity contribution in [3.05, 3.63) is 82.5 Å². The number of pyridine rings is 1. The Bertz CT molecular complexity index is 926. The maximum atomic E-state index is 11.3. The first-order chi connectivity index (χ1) is 12.6. The Morgan fingerprint density at radius 1 is 1.12 bits per heavy atom. The second-order valence-corrected chi connectivity index (χ2v) is 6.20. The summed E-state index contributed by atoms with van der Waals surface area (Å²) in [5, 5.41) is 9.84. The largest absolute Gasteiger partial charge is 0.488 e. The lowest BCUT2D eigenvalue weighted by molar-refractivity contribution is 0.0695. The minimum atomic E-state index is -0.974. The number of carboxylic acids is 1. The van der Waals surface area contributed by atoms with Gasteiger partial charge in [-0.25, -0.2) is 4.79 Å². The van der Waals surface area contributed by atoms with Crippen LogP contribution in [0.3, 0.4) is 0 Å². The quantitative estimate of drug-likeness (QED) is 0.647. The maximum absolute atomic E-state index is 11.3. The monoisotopic (exact) mass is 367 g/mol. The number of hydrogen-bond acceptors (Lipinski definition) is 3. The highest BCUT2D eigenvalue weighted by Gasteiger charge is 2.14. The van der Waals surface area contributed by atoms with Gasteiger partial charge in [-0.1, -0.05) is 48.9 Å². The number of ether oxygens (including phenoxy) is 1. The number of nitrogens with zero attached hydrogens (tertiary/aromatic N) is 1. The van der Waals surface area contributed by atoms with Gasteiger partial charge in [-0.3, -0.25) is 4.98 Å². The van der Waals surface area contributed by atoms with Crippen molar-refractivity contribution in [2.45, 2.75) is 20.0 Å². The maximum Gasteiger partial charge on any atom is 0.337 e. The van der Waals surface area contributed by atoms with E-state index in [4.69, 9.17) is 16.3 Å². The van der Waals surface area contributed by atoms with Gasteiger partial charge in [0.2, 0.25) is 0 Å². The van der Waals surface area contributed by atoms with Crippen LogP contribution in [0.4, 0.5) is 0 Å². The predicted molar refractivity (Wildman–Crippen MR) is 102 cm³/mol. The first kappa shape index (κ1) is 18.0. The fraction of sp³-hybridized carbons (Fsp3) is 0.143. The summed E-state index contributed by atoms with van der Waals surface area (Å²) in [5.74, 6) is -0.364. The molecule has 0 aliphatic heterocycles. The molecule has 0 amide bonds. The fourth-order valence-electron chi connectivity index (χ4n) is 2.68. The number of carboxylic acid groups (broad SMARTS) is 1. The van der Waals surface area contributed by atoms with Gasteiger partial charge in [0.25, 0.3) is 0 Å². The molecule has 0 saturated carbocycles. The van der Waals surface area contributed by atoms with Crippen molar-refractivity contribution in [1.82, 2.24) is 4.98 Å². The van der Waals surface area contributed by atoms with Gasteiger partial charge in [0, 0.05) is 10.6 Å². The molecule has 0 fully saturated rings. The van der Waals surface area contributed by atoms with Crippen LogP contribution in [0.5, 0.6) is 5.75 Å². The van der Waals surface area contributed by atoms with Crippen LogP contribution in [0.1, 0.15) is 28.5 Å². The summed E-state index contributed by atoms with van der Waals surface area (Å²) in [4.78, 5) is 15.8. The van der Waals surface area contributed by atoms with Crippen LogP contribution in [0.2, 0.25) is 5.02 Å². The van der Waals surface area contributed by atoms with Gasteiger partial charge in [-0.15, -0.1) is 0 Å². The van der Waals surface area contributed by atoms with E-state index < -0.39 is 5.97 Å². The van der Waals surface area contributed by atoms with Gasteiger partial charge in [-0.2, -0.15) is 0 Å². The molecule has 0 aliphatic rings. The summed E-state index contributed by atoms with van der Waals surface area (Å²) in [6, 6.07) is 18.5. The summed E-state index contributed by atoms with van der Waals surface area (Å²) < 4.78 is 5.97. The van der Waals surface area contributed by atoms with Crippen molar-refractivity contribution in [3.8, 4) is 17.0 Å². The van der Waals surface area contributed by atoms with E-state index in [9.17, 15) is 9.90 Å². The molecule has 0 aliphatic carbocycles. The van der Waals surface area contributed by atoms with E-state index in [1.165, 1.54) is 0 Å². The van der Waals surface area contributed by atoms with Crippen LogP contribution in [0.15, 0.2) is 60.7 Å². The molecule has 3 aromatic rings. The van der Waals surface area contributed by atoms with Crippen molar-refractivity contribution in [1.29, 1.82) is 0 Å². The molecule has 1 aromatic heterocycles. The Morgan fingerprint density at radius 3 is 2.58 bits per heavy atom. The van der Waals surface area contributed by atoms with Gasteiger partial charge >= 0.3 is 5.97 Å². The van der Waals surface area contributed by atoms with E-state index in [0.717, 1.165) is 11.1 Å². The average Bonchev–Trinajstić information content (AvgIpc) is 2.66. The van der Waals surface area contributed by atoms with Gasteiger partial charge in [-0.05, 0) is 42.3 Å². The number of carbonyl (C=O) groups is 1. The van der Waals surface area contributed by atoms with Gasteiger partial charge in [0.05, 0.1) is 17.0 Å². The highest BCUT2D eigenvalue weighted by atomic mass is 35.5. The summed E-state index contributed by atoms with van der Waals surface area (Å²) in [5.41, 5.74) is 3.24. The summed E-state index contributed by atoms with van der Waals surface area (Å²) in [6.07, 6.45) is 0.531. The molecule has 0 saturated heterocycles. The Kier molecular flexibility index (Phi) is 5.54. The number of aromatic nitrogens is 1. The zero-order valence-corrected chi connectivity index (χ0v) is 15.0. The molecule has 0 spiro atoms. The third-order valence-electron chi connectivity index (χ3n) is 4.00. The molecule has 132 valence electrons. The lowest BCUT2D eigenvalue weighted by Crippen LogP contribution is -2.05. The number of hydrogen-bond donors (Lipinski definition) is 1. The molecule has 2 aromatic carbocycles. The van der Waals surface area contributed by atoms with Gasteiger partial charge < -0.3 is 9.84 Å². The SMILES string of the molecule is CCc1nc(-c2ccc(Cl)cc2OCc2ccccc2)ccc1C(=O)O. The average molecular weight is 368 g/mol. The molecular formula is C21H18ClNO3. The molecule has 0 atom stereocenters. The summed E-state index contributed by atoms with van der Waals surface area (Å²) in [7, 11) is 0. The van der Waals surface area contributed by atoms with Crippen molar-refractivity contribution >= 4 is 17.6 Å². The highest BCUT2D eigenvalue weighted by Crippen LogP contribution is 2.32. The van der Waals surface area contributed by atoms with E-state index in [1.54, 1.807) is 24.3 Å². The first-order valence-electron chi connectivity index (χ1n) is 8.28. The molecule has 5 heteroatoms. The minimum Gasteiger partial charge on any atom is -0.488 e. The smallest absolute Gasteiger partial charge is 0.337 e. The first-order valence-corrected chi connectivity index (χ1v) is 8.66. The normalized spacial score (nSPS) is 10.5. The molecule has 1 N–H and O–H groups in total. The van der Waals surface area contributed by atoms with Crippen LogP contribution >= 0.6 is 11.6 Å². The number of rotatable bonds is 6. The number of aryl methyl sites for hydroxylation is 1. The van der Waals surface area contributed by atoms with Gasteiger partial charge in [0.15, 0.2) is 0 Å². The minimum absolute atomic E-state index is 0.219. The zero-order chi connectivity index (χ0) is 18.5. The highest BCUT2D eigenvalue weighted by molar-refractivity contribution is 6.30. The van der Waals surface area contributed by atoms with Crippen LogP contribution in [-0.4, -0.2) is 16.1 Å². The Hall–Kier alpha value is -2.85. The van der Waals surface area contributed by atoms with Crippen molar-refractivity contribution in [2.75, 3.05) is 0 Å². The molecule has 0 unspecified atom stereocenters. The van der Waals surface area contributed by atoms with E-state index in [2.05, 4.69) is 4.98 Å². The zero-order valence-electron chi connectivity index (χ0n) is 14.3. The lowest BCUT2D eigenvalue weighted by Gasteiger charge is -2.13. The van der Waals surface area contributed by atoms with Crippen molar-refractivity contribution in [2.24, 2.45) is 0 Å². The third kappa shape index (κ3) is 4.03. The Morgan fingerprint density at radius 2 is 1.88 bits per heavy atom. The van der Waals surface area contributed by atoms with Crippen molar-refractivity contribution in [3.63, 3.8) is 0 Å². The number of halogens is 1. The van der Waals surface area contributed by atoms with Gasteiger partial charge in [0.1, 0.15) is 12.4 Å². The van der Waals surface area contributed by atoms with E-state index in [0.29, 0.717) is 35.2 Å². The summed E-state index contributed by atoms with van der Waals surface area (Å²) >= 11 is 6.13. The van der Waals surface area contributed by atoms with Crippen LogP contribution in [-0.2, 0) is 13.0 Å². The molecule has 0 radical (unpaired) electrons. The van der Waals surface area contributed by atoms with Crippen LogP contribution in [0, 0.1) is 0 Å². The molecule has 3 rings (SSSR count). The second-order valence-electron chi connectivity index (χ2n) is 5.76. The second kappa shape index (κ2) is 8.02. The van der Waals surface area contributed by atoms with Crippen LogP contribution in [0.25, 0.3) is 11.3 Å². The molecule has 1 heterocycles. The van der Waals surface area contributed by atoms with E-state index in [1.807, 2.05) is 43.3 Å². The number of benzene rings is 2. The standard InChI is InChI=1S/C21H18ClNO3/c1-2-18-17(21(24)25)10-11-19(23-18)16-9-8-15(22)12-20(16)26-13-14-6-4-3-5-7-14/h3-12H,2,13H2,1H3,(H,24,25). The Balaban J connectivity index is 1.96. The Labute approximate surface area is 157 Å².